The van der Waals surface area contributed by atoms with Crippen LogP contribution in [-0.4, -0.2) is 25.3 Å². The topological polar surface area (TPSA) is 37.4 Å². The molecule has 1 saturated heterocycles. The lowest BCUT2D eigenvalue weighted by Crippen LogP contribution is -2.35. The van der Waals surface area contributed by atoms with Gasteiger partial charge in [0.1, 0.15) is 0 Å². The second-order valence-electron chi connectivity index (χ2n) is 4.76. The van der Waals surface area contributed by atoms with Gasteiger partial charge in [-0.15, -0.1) is 0 Å². The quantitative estimate of drug-likeness (QED) is 0.788. The Hall–Kier alpha value is -1.13. The van der Waals surface area contributed by atoms with E-state index in [9.17, 15) is 8.42 Å². The molecule has 1 heterocycles. The normalized spacial score (nSPS) is 21.4. The highest BCUT2D eigenvalue weighted by Crippen LogP contribution is 2.30. The molecule has 4 heteroatoms. The van der Waals surface area contributed by atoms with E-state index in [2.05, 4.69) is 6.58 Å². The summed E-state index contributed by atoms with van der Waals surface area (Å²) in [6.45, 7) is 8.47. The van der Waals surface area contributed by atoms with Crippen LogP contribution in [0.5, 0.6) is 0 Å². The standard InChI is InChI=1S/C14H19NO2S/c1-4-14-12(3)9-10-15(14)18(16,17)13-7-5-11(2)6-8-13/h5-8,14H,3-4,9-10H2,1-2H3. The molecule has 1 aromatic rings. The molecule has 0 N–H and O–H groups in total. The third-order valence-corrected chi connectivity index (χ3v) is 5.41. The van der Waals surface area contributed by atoms with Gasteiger partial charge in [-0.3, -0.25) is 0 Å². The third kappa shape index (κ3) is 2.22. The maximum absolute atomic E-state index is 12.5. The van der Waals surface area contributed by atoms with Crippen LogP contribution in [0.25, 0.3) is 0 Å². The molecule has 0 amide bonds. The highest BCUT2D eigenvalue weighted by Gasteiger charge is 2.36. The van der Waals surface area contributed by atoms with Gasteiger partial charge >= 0.3 is 0 Å². The van der Waals surface area contributed by atoms with Gasteiger partial charge in [-0.1, -0.05) is 36.8 Å². The Kier molecular flexibility index (Phi) is 3.59. The van der Waals surface area contributed by atoms with E-state index in [1.165, 1.54) is 0 Å². The minimum absolute atomic E-state index is 0.0451. The van der Waals surface area contributed by atoms with Crippen molar-refractivity contribution in [1.82, 2.24) is 4.31 Å². The summed E-state index contributed by atoms with van der Waals surface area (Å²) in [5.74, 6) is 0. The largest absolute Gasteiger partial charge is 0.243 e. The van der Waals surface area contributed by atoms with Gasteiger partial charge in [-0.2, -0.15) is 4.31 Å². The summed E-state index contributed by atoms with van der Waals surface area (Å²) in [6, 6.07) is 6.98. The molecule has 1 unspecified atom stereocenters. The molecule has 0 bridgehead atoms. The van der Waals surface area contributed by atoms with E-state index in [0.717, 1.165) is 24.0 Å². The van der Waals surface area contributed by atoms with Crippen LogP contribution in [-0.2, 0) is 10.0 Å². The van der Waals surface area contributed by atoms with Gasteiger partial charge in [0.15, 0.2) is 0 Å². The lowest BCUT2D eigenvalue weighted by molar-refractivity contribution is 0.400. The van der Waals surface area contributed by atoms with Crippen LogP contribution < -0.4 is 0 Å². The Balaban J connectivity index is 2.37. The molecular weight excluding hydrogens is 246 g/mol. The van der Waals surface area contributed by atoms with E-state index in [0.29, 0.717) is 11.4 Å². The average molecular weight is 265 g/mol. The zero-order valence-corrected chi connectivity index (χ0v) is 11.7. The Bertz CT molecular complexity index is 546. The maximum Gasteiger partial charge on any atom is 0.243 e. The van der Waals surface area contributed by atoms with Crippen LogP contribution in [0.15, 0.2) is 41.3 Å². The molecule has 3 nitrogen and oxygen atoms in total. The van der Waals surface area contributed by atoms with Crippen molar-refractivity contribution in [2.45, 2.75) is 37.6 Å². The first-order valence-corrected chi connectivity index (χ1v) is 7.67. The zero-order valence-electron chi connectivity index (χ0n) is 10.9. The van der Waals surface area contributed by atoms with E-state index in [-0.39, 0.29) is 6.04 Å². The van der Waals surface area contributed by atoms with E-state index in [1.54, 1.807) is 16.4 Å². The lowest BCUT2D eigenvalue weighted by atomic mass is 10.1. The third-order valence-electron chi connectivity index (χ3n) is 3.49. The van der Waals surface area contributed by atoms with Crippen molar-refractivity contribution in [3.8, 4) is 0 Å². The van der Waals surface area contributed by atoms with E-state index >= 15 is 0 Å². The Morgan fingerprint density at radius 2 is 1.94 bits per heavy atom. The number of hydrogen-bond acceptors (Lipinski definition) is 2. The second kappa shape index (κ2) is 4.86. The molecular formula is C14H19NO2S. The van der Waals surface area contributed by atoms with E-state index in [1.807, 2.05) is 26.0 Å². The zero-order chi connectivity index (χ0) is 13.3. The number of rotatable bonds is 3. The molecule has 0 spiro atoms. The monoisotopic (exact) mass is 265 g/mol. The predicted octanol–water partition coefficient (Wildman–Crippen LogP) is 2.72. The summed E-state index contributed by atoms with van der Waals surface area (Å²) < 4.78 is 26.7. The van der Waals surface area contributed by atoms with Gasteiger partial charge in [-0.05, 0) is 31.9 Å². The van der Waals surface area contributed by atoms with Crippen LogP contribution in [0, 0.1) is 6.92 Å². The number of nitrogens with zero attached hydrogens (tertiary/aromatic N) is 1. The summed E-state index contributed by atoms with van der Waals surface area (Å²) in [6.07, 6.45) is 1.55. The summed E-state index contributed by atoms with van der Waals surface area (Å²) >= 11 is 0. The van der Waals surface area contributed by atoms with Crippen molar-refractivity contribution in [3.05, 3.63) is 42.0 Å². The van der Waals surface area contributed by atoms with Crippen LogP contribution in [0.2, 0.25) is 0 Å². The van der Waals surface area contributed by atoms with Crippen molar-refractivity contribution >= 4 is 10.0 Å². The van der Waals surface area contributed by atoms with Crippen LogP contribution >= 0.6 is 0 Å². The molecule has 98 valence electrons. The summed E-state index contributed by atoms with van der Waals surface area (Å²) in [5.41, 5.74) is 2.08. The molecule has 18 heavy (non-hydrogen) atoms. The summed E-state index contributed by atoms with van der Waals surface area (Å²) in [7, 11) is -3.38. The second-order valence-corrected chi connectivity index (χ2v) is 6.65. The van der Waals surface area contributed by atoms with Crippen molar-refractivity contribution in [1.29, 1.82) is 0 Å². The van der Waals surface area contributed by atoms with Crippen LogP contribution in [0.4, 0.5) is 0 Å². The van der Waals surface area contributed by atoms with Gasteiger partial charge < -0.3 is 0 Å². The van der Waals surface area contributed by atoms with Crippen molar-refractivity contribution < 1.29 is 8.42 Å². The van der Waals surface area contributed by atoms with Crippen LogP contribution in [0.1, 0.15) is 25.3 Å². The Morgan fingerprint density at radius 3 is 2.50 bits per heavy atom. The van der Waals surface area contributed by atoms with E-state index < -0.39 is 10.0 Å². The van der Waals surface area contributed by atoms with Gasteiger partial charge in [0.2, 0.25) is 10.0 Å². The average Bonchev–Trinajstić information content (AvgIpc) is 2.71. The van der Waals surface area contributed by atoms with Gasteiger partial charge in [0, 0.05) is 12.6 Å². The fourth-order valence-corrected chi connectivity index (χ4v) is 4.12. The Morgan fingerprint density at radius 1 is 1.33 bits per heavy atom. The van der Waals surface area contributed by atoms with Gasteiger partial charge in [0.25, 0.3) is 0 Å². The molecule has 1 aromatic carbocycles. The summed E-state index contributed by atoms with van der Waals surface area (Å²) in [5, 5.41) is 0. The fourth-order valence-electron chi connectivity index (χ4n) is 2.41. The maximum atomic E-state index is 12.5. The first-order chi connectivity index (χ1) is 8.46. The SMILES string of the molecule is C=C1CCN(S(=O)(=O)c2ccc(C)cc2)C1CC. The first kappa shape index (κ1) is 13.3. The van der Waals surface area contributed by atoms with Crippen molar-refractivity contribution in [2.75, 3.05) is 6.54 Å². The number of aryl methyl sites for hydroxylation is 1. The highest BCUT2D eigenvalue weighted by molar-refractivity contribution is 7.89. The highest BCUT2D eigenvalue weighted by atomic mass is 32.2. The molecule has 1 aliphatic heterocycles. The number of benzene rings is 1. The first-order valence-electron chi connectivity index (χ1n) is 6.23. The molecule has 1 aliphatic rings. The molecule has 0 saturated carbocycles. The fraction of sp³-hybridized carbons (Fsp3) is 0.429. The minimum atomic E-state index is -3.38. The summed E-state index contributed by atoms with van der Waals surface area (Å²) in [4.78, 5) is 0.376. The lowest BCUT2D eigenvalue weighted by Gasteiger charge is -2.23. The predicted molar refractivity (Wildman–Crippen MR) is 72.9 cm³/mol. The van der Waals surface area contributed by atoms with Gasteiger partial charge in [-0.25, -0.2) is 8.42 Å². The number of sulfonamides is 1. The smallest absolute Gasteiger partial charge is 0.207 e. The molecule has 1 atom stereocenters. The van der Waals surface area contributed by atoms with Crippen LogP contribution in [0.3, 0.4) is 0 Å². The molecule has 1 fully saturated rings. The molecule has 2 rings (SSSR count). The van der Waals surface area contributed by atoms with Crippen molar-refractivity contribution in [2.24, 2.45) is 0 Å². The molecule has 0 aliphatic carbocycles. The number of hydrogen-bond donors (Lipinski definition) is 0. The van der Waals surface area contributed by atoms with Crippen molar-refractivity contribution in [3.63, 3.8) is 0 Å². The van der Waals surface area contributed by atoms with Gasteiger partial charge in [0.05, 0.1) is 4.90 Å². The molecule has 0 aromatic heterocycles. The minimum Gasteiger partial charge on any atom is -0.207 e. The van der Waals surface area contributed by atoms with E-state index in [4.69, 9.17) is 0 Å². The molecule has 0 radical (unpaired) electrons. The Labute approximate surface area is 109 Å².